The van der Waals surface area contributed by atoms with Gasteiger partial charge < -0.3 is 25.3 Å². The number of esters is 1. The lowest BCUT2D eigenvalue weighted by molar-refractivity contribution is -0.131. The molecule has 0 atom stereocenters. The maximum atomic E-state index is 12.7. The van der Waals surface area contributed by atoms with Crippen molar-refractivity contribution in [3.63, 3.8) is 0 Å². The second kappa shape index (κ2) is 7.50. The maximum absolute atomic E-state index is 12.7. The molecule has 3 aromatic rings. The van der Waals surface area contributed by atoms with E-state index in [1.54, 1.807) is 18.2 Å². The molecule has 4 rings (SSSR count). The van der Waals surface area contributed by atoms with Gasteiger partial charge >= 0.3 is 5.97 Å². The van der Waals surface area contributed by atoms with Crippen molar-refractivity contribution in [2.75, 3.05) is 24.3 Å². The third kappa shape index (κ3) is 3.95. The van der Waals surface area contributed by atoms with Crippen LogP contribution in [0.25, 0.3) is 0 Å². The predicted octanol–water partition coefficient (Wildman–Crippen LogP) is 1.99. The minimum atomic E-state index is -0.473. The third-order valence-corrected chi connectivity index (χ3v) is 3.99. The molecule has 0 aliphatic carbocycles. The number of nitrogens with two attached hydrogens (primary N) is 1. The number of carbonyl (C=O) groups excluding carboxylic acids is 2. The van der Waals surface area contributed by atoms with E-state index in [4.69, 9.17) is 19.9 Å². The summed E-state index contributed by atoms with van der Waals surface area (Å²) in [6.07, 6.45) is 0. The van der Waals surface area contributed by atoms with Crippen molar-refractivity contribution in [2.45, 2.75) is 6.92 Å². The van der Waals surface area contributed by atoms with Gasteiger partial charge in [-0.2, -0.15) is 9.67 Å². The van der Waals surface area contributed by atoms with Gasteiger partial charge in [0.25, 0.3) is 5.91 Å². The van der Waals surface area contributed by atoms with Gasteiger partial charge in [-0.15, -0.1) is 5.10 Å². The molecule has 0 amide bonds. The van der Waals surface area contributed by atoms with Crippen LogP contribution >= 0.6 is 0 Å². The van der Waals surface area contributed by atoms with E-state index >= 15 is 0 Å². The second-order valence-corrected chi connectivity index (χ2v) is 6.11. The Morgan fingerprint density at radius 3 is 2.55 bits per heavy atom. The lowest BCUT2D eigenvalue weighted by Crippen LogP contribution is -2.16. The zero-order valence-corrected chi connectivity index (χ0v) is 15.4. The molecule has 2 heterocycles. The molecule has 10 heteroatoms. The van der Waals surface area contributed by atoms with Crippen LogP contribution in [-0.4, -0.2) is 39.9 Å². The molecule has 0 unspecified atom stereocenters. The number of rotatable bonds is 4. The first kappa shape index (κ1) is 18.3. The number of carbonyl (C=O) groups is 2. The monoisotopic (exact) mass is 395 g/mol. The molecule has 10 nitrogen and oxygen atoms in total. The van der Waals surface area contributed by atoms with Crippen molar-refractivity contribution in [2.24, 2.45) is 0 Å². The molecule has 0 saturated heterocycles. The largest absolute Gasteiger partial charge is 0.486 e. The van der Waals surface area contributed by atoms with Crippen molar-refractivity contribution in [1.82, 2.24) is 14.8 Å². The van der Waals surface area contributed by atoms with E-state index < -0.39 is 11.9 Å². The minimum Gasteiger partial charge on any atom is -0.486 e. The van der Waals surface area contributed by atoms with Gasteiger partial charge in [0.1, 0.15) is 19.0 Å². The van der Waals surface area contributed by atoms with Gasteiger partial charge in [0, 0.05) is 24.2 Å². The third-order valence-electron chi connectivity index (χ3n) is 3.99. The van der Waals surface area contributed by atoms with Gasteiger partial charge in [-0.05, 0) is 36.4 Å². The van der Waals surface area contributed by atoms with E-state index in [-0.39, 0.29) is 11.9 Å². The summed E-state index contributed by atoms with van der Waals surface area (Å²) in [5.74, 6) is 0.772. The second-order valence-electron chi connectivity index (χ2n) is 6.11. The average molecular weight is 395 g/mol. The van der Waals surface area contributed by atoms with Crippen molar-refractivity contribution >= 4 is 29.5 Å². The summed E-state index contributed by atoms with van der Waals surface area (Å²) < 4.78 is 17.0. The van der Waals surface area contributed by atoms with Crippen molar-refractivity contribution < 1.29 is 23.8 Å². The van der Waals surface area contributed by atoms with Crippen LogP contribution in [0.2, 0.25) is 0 Å². The van der Waals surface area contributed by atoms with Crippen LogP contribution in [0.1, 0.15) is 17.3 Å². The molecule has 3 N–H and O–H groups in total. The summed E-state index contributed by atoms with van der Waals surface area (Å²) in [6.45, 7) is 2.28. The number of nitrogen functional groups attached to an aromatic ring is 1. The fourth-order valence-electron chi connectivity index (χ4n) is 2.73. The van der Waals surface area contributed by atoms with Crippen molar-refractivity contribution in [3.05, 3.63) is 48.0 Å². The first-order chi connectivity index (χ1) is 14.0. The number of ether oxygens (including phenoxy) is 3. The SMILES string of the molecule is CC(=O)Oc1ccc(C(=O)n2nc(Nc3ccc4c(c3)OCCO4)nc2N)cc1. The molecule has 0 radical (unpaired) electrons. The Morgan fingerprint density at radius 1 is 1.10 bits per heavy atom. The Bertz CT molecular complexity index is 1080. The Labute approximate surface area is 165 Å². The van der Waals surface area contributed by atoms with E-state index in [0.717, 1.165) is 4.68 Å². The highest BCUT2D eigenvalue weighted by Crippen LogP contribution is 2.33. The molecule has 2 aromatic carbocycles. The molecule has 0 spiro atoms. The van der Waals surface area contributed by atoms with Crippen LogP contribution in [0, 0.1) is 0 Å². The fourth-order valence-corrected chi connectivity index (χ4v) is 2.73. The van der Waals surface area contributed by atoms with E-state index in [1.807, 2.05) is 0 Å². The topological polar surface area (TPSA) is 131 Å². The van der Waals surface area contributed by atoms with Crippen molar-refractivity contribution in [3.8, 4) is 17.2 Å². The number of aromatic nitrogens is 3. The van der Waals surface area contributed by atoms with Gasteiger partial charge in [-0.1, -0.05) is 0 Å². The Balaban J connectivity index is 1.51. The first-order valence-corrected chi connectivity index (χ1v) is 8.72. The van der Waals surface area contributed by atoms with E-state index in [1.165, 1.54) is 31.2 Å². The summed E-state index contributed by atoms with van der Waals surface area (Å²) >= 11 is 0. The average Bonchev–Trinajstić information content (AvgIpc) is 3.07. The van der Waals surface area contributed by atoms with Gasteiger partial charge in [-0.3, -0.25) is 9.59 Å². The lowest BCUT2D eigenvalue weighted by atomic mass is 10.2. The molecule has 148 valence electrons. The van der Waals surface area contributed by atoms with Gasteiger partial charge in [0.2, 0.25) is 11.9 Å². The summed E-state index contributed by atoms with van der Waals surface area (Å²) in [4.78, 5) is 27.7. The maximum Gasteiger partial charge on any atom is 0.308 e. The zero-order chi connectivity index (χ0) is 20.4. The highest BCUT2D eigenvalue weighted by molar-refractivity contribution is 5.97. The van der Waals surface area contributed by atoms with Gasteiger partial charge in [-0.25, -0.2) is 0 Å². The standard InChI is InChI=1S/C19H17N5O5/c1-11(25)29-14-5-2-12(3-6-14)17(26)24-18(20)22-19(23-24)21-13-4-7-15-16(10-13)28-9-8-27-15/h2-7,10H,8-9H2,1H3,(H3,20,21,22,23). The number of benzene rings is 2. The Kier molecular flexibility index (Phi) is 4.73. The number of fused-ring (bicyclic) bond motifs is 1. The quantitative estimate of drug-likeness (QED) is 0.503. The van der Waals surface area contributed by atoms with E-state index in [0.29, 0.717) is 41.7 Å². The van der Waals surface area contributed by atoms with Crippen molar-refractivity contribution in [1.29, 1.82) is 0 Å². The summed E-state index contributed by atoms with van der Waals surface area (Å²) in [7, 11) is 0. The molecule has 0 saturated carbocycles. The number of nitrogens with one attached hydrogen (secondary N) is 1. The van der Waals surface area contributed by atoms with Crippen LogP contribution < -0.4 is 25.3 Å². The zero-order valence-electron chi connectivity index (χ0n) is 15.4. The molecule has 0 bridgehead atoms. The smallest absolute Gasteiger partial charge is 0.308 e. The van der Waals surface area contributed by atoms with Crippen LogP contribution in [0.3, 0.4) is 0 Å². The van der Waals surface area contributed by atoms with Crippen LogP contribution in [0.15, 0.2) is 42.5 Å². The number of hydrogen-bond donors (Lipinski definition) is 2. The summed E-state index contributed by atoms with van der Waals surface area (Å²) in [6, 6.07) is 11.3. The van der Waals surface area contributed by atoms with E-state index in [2.05, 4.69) is 15.4 Å². The van der Waals surface area contributed by atoms with Crippen LogP contribution in [0.5, 0.6) is 17.2 Å². The fraction of sp³-hybridized carbons (Fsp3) is 0.158. The number of hydrogen-bond acceptors (Lipinski definition) is 9. The molecular formula is C19H17N5O5. The number of nitrogens with zero attached hydrogens (tertiary/aromatic N) is 3. The van der Waals surface area contributed by atoms with Crippen LogP contribution in [-0.2, 0) is 4.79 Å². The Morgan fingerprint density at radius 2 is 1.83 bits per heavy atom. The highest BCUT2D eigenvalue weighted by atomic mass is 16.6. The molecule has 0 fully saturated rings. The summed E-state index contributed by atoms with van der Waals surface area (Å²) in [5, 5.41) is 7.11. The normalized spacial score (nSPS) is 12.3. The number of anilines is 3. The molecular weight excluding hydrogens is 378 g/mol. The minimum absolute atomic E-state index is 0.0703. The predicted molar refractivity (Wildman–Crippen MR) is 103 cm³/mol. The van der Waals surface area contributed by atoms with Gasteiger partial charge in [0.15, 0.2) is 11.5 Å². The molecule has 1 aliphatic rings. The summed E-state index contributed by atoms with van der Waals surface area (Å²) in [5.41, 5.74) is 6.82. The Hall–Kier alpha value is -4.08. The van der Waals surface area contributed by atoms with Gasteiger partial charge in [0.05, 0.1) is 0 Å². The first-order valence-electron chi connectivity index (χ1n) is 8.72. The molecule has 29 heavy (non-hydrogen) atoms. The highest BCUT2D eigenvalue weighted by Gasteiger charge is 2.17. The molecule has 1 aliphatic heterocycles. The molecule has 1 aromatic heterocycles. The van der Waals surface area contributed by atoms with Crippen LogP contribution in [0.4, 0.5) is 17.6 Å². The lowest BCUT2D eigenvalue weighted by Gasteiger charge is -2.18. The van der Waals surface area contributed by atoms with E-state index in [9.17, 15) is 9.59 Å².